The summed E-state index contributed by atoms with van der Waals surface area (Å²) in [4.78, 5) is 13.4. The first-order chi connectivity index (χ1) is 7.12. The van der Waals surface area contributed by atoms with Crippen LogP contribution < -0.4 is 0 Å². The smallest absolute Gasteiger partial charge is 0.410 e. The van der Waals surface area contributed by atoms with E-state index in [9.17, 15) is 9.90 Å². The largest absolute Gasteiger partial charge is 0.444 e. The first-order valence-electron chi connectivity index (χ1n) is 5.82. The third-order valence-electron chi connectivity index (χ3n) is 3.06. The molecule has 1 aliphatic heterocycles. The van der Waals surface area contributed by atoms with E-state index >= 15 is 0 Å². The minimum Gasteiger partial charge on any atom is -0.444 e. The van der Waals surface area contributed by atoms with Gasteiger partial charge >= 0.3 is 6.09 Å². The Hall–Kier alpha value is -0.770. The van der Waals surface area contributed by atoms with E-state index in [0.717, 1.165) is 6.42 Å². The second kappa shape index (κ2) is 4.24. The fraction of sp³-hybridized carbons (Fsp3) is 0.917. The number of β-amino-alcohol motifs (C(OH)–C–C–N with tert-alkyl or cyclic N) is 1. The molecule has 1 aliphatic rings. The number of aliphatic hydroxyl groups is 1. The normalized spacial score (nSPS) is 31.4. The molecule has 94 valence electrons. The molecule has 0 aromatic carbocycles. The van der Waals surface area contributed by atoms with Crippen molar-refractivity contribution in [3.05, 3.63) is 0 Å². The molecule has 0 saturated carbocycles. The zero-order valence-corrected chi connectivity index (χ0v) is 10.9. The number of piperidine rings is 1. The number of hydrogen-bond acceptors (Lipinski definition) is 3. The molecule has 0 unspecified atom stereocenters. The van der Waals surface area contributed by atoms with Crippen LogP contribution in [0.4, 0.5) is 4.79 Å². The van der Waals surface area contributed by atoms with Gasteiger partial charge in [-0.1, -0.05) is 6.92 Å². The van der Waals surface area contributed by atoms with Gasteiger partial charge in [0.25, 0.3) is 0 Å². The minimum atomic E-state index is -0.810. The van der Waals surface area contributed by atoms with E-state index in [1.54, 1.807) is 11.8 Å². The number of nitrogens with zero attached hydrogens (tertiary/aromatic N) is 1. The monoisotopic (exact) mass is 229 g/mol. The molecule has 1 N–H and O–H groups in total. The molecule has 0 aliphatic carbocycles. The van der Waals surface area contributed by atoms with E-state index in [4.69, 9.17) is 4.74 Å². The molecule has 4 heteroatoms. The first kappa shape index (κ1) is 13.3. The number of rotatable bonds is 0. The highest BCUT2D eigenvalue weighted by molar-refractivity contribution is 5.68. The van der Waals surface area contributed by atoms with Gasteiger partial charge in [-0.3, -0.25) is 0 Å². The Bertz CT molecular complexity index is 268. The van der Waals surface area contributed by atoms with Gasteiger partial charge in [-0.25, -0.2) is 4.79 Å². The quantitative estimate of drug-likeness (QED) is 0.691. The number of carbonyl (C=O) groups excluding carboxylic acids is 1. The lowest BCUT2D eigenvalue weighted by molar-refractivity contribution is -0.0625. The summed E-state index contributed by atoms with van der Waals surface area (Å²) in [5.74, 6) is 0.214. The predicted molar refractivity (Wildman–Crippen MR) is 62.2 cm³/mol. The Kier molecular flexibility index (Phi) is 3.53. The molecule has 1 rings (SSSR count). The standard InChI is InChI=1S/C12H23NO3/c1-9-6-7-13(8-12(9,5)15)10(14)16-11(2,3)4/h9,15H,6-8H2,1-5H3/t9-,12+/m0/s1. The van der Waals surface area contributed by atoms with Gasteiger partial charge < -0.3 is 14.7 Å². The molecule has 0 bridgehead atoms. The van der Waals surface area contributed by atoms with Gasteiger partial charge in [0.2, 0.25) is 0 Å². The van der Waals surface area contributed by atoms with Crippen LogP contribution in [-0.2, 0) is 4.74 Å². The van der Waals surface area contributed by atoms with Crippen molar-refractivity contribution >= 4 is 6.09 Å². The van der Waals surface area contributed by atoms with Crippen LogP contribution in [0.15, 0.2) is 0 Å². The summed E-state index contributed by atoms with van der Waals surface area (Å²) in [6, 6.07) is 0. The number of likely N-dealkylation sites (tertiary alicyclic amines) is 1. The maximum Gasteiger partial charge on any atom is 0.410 e. The second-order valence-corrected chi connectivity index (χ2v) is 5.95. The zero-order chi connectivity index (χ0) is 12.6. The topological polar surface area (TPSA) is 49.8 Å². The van der Waals surface area contributed by atoms with Crippen molar-refractivity contribution in [3.8, 4) is 0 Å². The second-order valence-electron chi connectivity index (χ2n) is 5.95. The Morgan fingerprint density at radius 2 is 2.06 bits per heavy atom. The number of carbonyl (C=O) groups is 1. The van der Waals surface area contributed by atoms with Crippen molar-refractivity contribution in [2.24, 2.45) is 5.92 Å². The molecule has 2 atom stereocenters. The molecule has 0 radical (unpaired) electrons. The Labute approximate surface area is 97.6 Å². The van der Waals surface area contributed by atoms with Crippen molar-refractivity contribution in [2.75, 3.05) is 13.1 Å². The molecule has 1 heterocycles. The van der Waals surface area contributed by atoms with Gasteiger partial charge in [-0.15, -0.1) is 0 Å². The molecule has 4 nitrogen and oxygen atoms in total. The van der Waals surface area contributed by atoms with Gasteiger partial charge in [0.15, 0.2) is 0 Å². The maximum atomic E-state index is 11.8. The summed E-state index contributed by atoms with van der Waals surface area (Å²) >= 11 is 0. The fourth-order valence-electron chi connectivity index (χ4n) is 1.76. The first-order valence-corrected chi connectivity index (χ1v) is 5.82. The lowest BCUT2D eigenvalue weighted by Gasteiger charge is -2.41. The van der Waals surface area contributed by atoms with Gasteiger partial charge in [-0.05, 0) is 40.0 Å². The highest BCUT2D eigenvalue weighted by Gasteiger charge is 2.38. The van der Waals surface area contributed by atoms with Gasteiger partial charge in [-0.2, -0.15) is 0 Å². The lowest BCUT2D eigenvalue weighted by Crippen LogP contribution is -2.53. The number of hydrogen-bond donors (Lipinski definition) is 1. The molecular weight excluding hydrogens is 206 g/mol. The van der Waals surface area contributed by atoms with E-state index in [0.29, 0.717) is 13.1 Å². The van der Waals surface area contributed by atoms with E-state index in [2.05, 4.69) is 0 Å². The third kappa shape index (κ3) is 3.37. The zero-order valence-electron chi connectivity index (χ0n) is 10.9. The minimum absolute atomic E-state index is 0.214. The van der Waals surface area contributed by atoms with E-state index in [1.807, 2.05) is 27.7 Å². The van der Waals surface area contributed by atoms with Crippen molar-refractivity contribution in [2.45, 2.75) is 52.2 Å². The van der Waals surface area contributed by atoms with Crippen molar-refractivity contribution in [1.29, 1.82) is 0 Å². The van der Waals surface area contributed by atoms with Crippen LogP contribution in [0.3, 0.4) is 0 Å². The van der Waals surface area contributed by atoms with Crippen molar-refractivity contribution in [1.82, 2.24) is 4.90 Å². The Balaban J connectivity index is 2.60. The summed E-state index contributed by atoms with van der Waals surface area (Å²) in [6.07, 6.45) is 0.478. The summed E-state index contributed by atoms with van der Waals surface area (Å²) < 4.78 is 5.28. The third-order valence-corrected chi connectivity index (χ3v) is 3.06. The fourth-order valence-corrected chi connectivity index (χ4v) is 1.76. The van der Waals surface area contributed by atoms with Gasteiger partial charge in [0, 0.05) is 6.54 Å². The lowest BCUT2D eigenvalue weighted by atomic mass is 9.84. The Morgan fingerprint density at radius 1 is 1.50 bits per heavy atom. The van der Waals surface area contributed by atoms with Gasteiger partial charge in [0.1, 0.15) is 5.60 Å². The molecule has 0 aromatic heterocycles. The van der Waals surface area contributed by atoms with Gasteiger partial charge in [0.05, 0.1) is 12.1 Å². The summed E-state index contributed by atoms with van der Waals surface area (Å²) in [5, 5.41) is 10.1. The molecule has 16 heavy (non-hydrogen) atoms. The van der Waals surface area contributed by atoms with E-state index in [-0.39, 0.29) is 12.0 Å². The van der Waals surface area contributed by atoms with E-state index in [1.165, 1.54) is 0 Å². The maximum absolute atomic E-state index is 11.8. The Morgan fingerprint density at radius 3 is 2.50 bits per heavy atom. The van der Waals surface area contributed by atoms with Crippen LogP contribution in [0.1, 0.15) is 41.0 Å². The van der Waals surface area contributed by atoms with Crippen LogP contribution in [0.25, 0.3) is 0 Å². The highest BCUT2D eigenvalue weighted by atomic mass is 16.6. The van der Waals surface area contributed by atoms with Crippen LogP contribution in [0.2, 0.25) is 0 Å². The molecule has 0 aromatic rings. The molecule has 1 saturated heterocycles. The summed E-state index contributed by atoms with van der Waals surface area (Å²) in [7, 11) is 0. The average molecular weight is 229 g/mol. The average Bonchev–Trinajstić information content (AvgIpc) is 2.06. The predicted octanol–water partition coefficient (Wildman–Crippen LogP) is 2.01. The highest BCUT2D eigenvalue weighted by Crippen LogP contribution is 2.27. The summed E-state index contributed by atoms with van der Waals surface area (Å²) in [5.41, 5.74) is -1.29. The number of ether oxygens (including phenoxy) is 1. The van der Waals surface area contributed by atoms with Crippen LogP contribution in [-0.4, -0.2) is 40.4 Å². The number of amides is 1. The van der Waals surface area contributed by atoms with E-state index < -0.39 is 11.2 Å². The molecule has 1 fully saturated rings. The molecular formula is C12H23NO3. The summed E-state index contributed by atoms with van der Waals surface area (Å²) in [6.45, 7) is 10.3. The molecule has 1 amide bonds. The SMILES string of the molecule is C[C@H]1CCN(C(=O)OC(C)(C)C)C[C@@]1(C)O. The van der Waals surface area contributed by atoms with Crippen molar-refractivity contribution < 1.29 is 14.6 Å². The van der Waals surface area contributed by atoms with Crippen LogP contribution >= 0.6 is 0 Å². The van der Waals surface area contributed by atoms with Crippen LogP contribution in [0.5, 0.6) is 0 Å². The van der Waals surface area contributed by atoms with Crippen LogP contribution in [0, 0.1) is 5.92 Å². The molecule has 0 spiro atoms. The van der Waals surface area contributed by atoms with Crippen molar-refractivity contribution in [3.63, 3.8) is 0 Å².